The molecule has 2 rings (SSSR count). The molecule has 1 aliphatic heterocycles. The van der Waals surface area contributed by atoms with Gasteiger partial charge in [0.15, 0.2) is 0 Å². The number of likely N-dealkylation sites (tertiary alicyclic amines) is 1. The quantitative estimate of drug-likeness (QED) is 0.889. The van der Waals surface area contributed by atoms with Crippen LogP contribution in [0.25, 0.3) is 0 Å². The molecular formula is C12H16BrNO. The minimum atomic E-state index is 0.279. The van der Waals surface area contributed by atoms with Gasteiger partial charge in [-0.1, -0.05) is 28.1 Å². The van der Waals surface area contributed by atoms with Gasteiger partial charge < -0.3 is 10.0 Å². The lowest BCUT2D eigenvalue weighted by atomic mass is 9.90. The van der Waals surface area contributed by atoms with E-state index in [4.69, 9.17) is 0 Å². The molecule has 0 unspecified atom stereocenters. The fourth-order valence-corrected chi connectivity index (χ4v) is 2.80. The molecule has 82 valence electrons. The monoisotopic (exact) mass is 269 g/mol. The second-order valence-corrected chi connectivity index (χ2v) is 5.24. The first kappa shape index (κ1) is 11.1. The van der Waals surface area contributed by atoms with E-state index >= 15 is 0 Å². The molecule has 1 heterocycles. The highest BCUT2D eigenvalue weighted by atomic mass is 79.9. The minimum absolute atomic E-state index is 0.279. The van der Waals surface area contributed by atoms with E-state index in [2.05, 4.69) is 46.1 Å². The lowest BCUT2D eigenvalue weighted by molar-refractivity contribution is 0.219. The van der Waals surface area contributed by atoms with Crippen LogP contribution in [0.4, 0.5) is 0 Å². The van der Waals surface area contributed by atoms with Crippen LogP contribution in [0.15, 0.2) is 28.7 Å². The molecule has 2 atom stereocenters. The van der Waals surface area contributed by atoms with E-state index < -0.39 is 0 Å². The summed E-state index contributed by atoms with van der Waals surface area (Å²) in [6, 6.07) is 8.41. The lowest BCUT2D eigenvalue weighted by Gasteiger charge is -2.16. The van der Waals surface area contributed by atoms with Crippen molar-refractivity contribution in [2.45, 2.75) is 5.92 Å². The Hall–Kier alpha value is -0.380. The van der Waals surface area contributed by atoms with Crippen molar-refractivity contribution in [1.29, 1.82) is 0 Å². The van der Waals surface area contributed by atoms with E-state index in [1.165, 1.54) is 5.56 Å². The molecule has 15 heavy (non-hydrogen) atoms. The van der Waals surface area contributed by atoms with Gasteiger partial charge in [0.05, 0.1) is 0 Å². The zero-order valence-corrected chi connectivity index (χ0v) is 10.4. The normalized spacial score (nSPS) is 27.1. The van der Waals surface area contributed by atoms with Crippen LogP contribution in [0.1, 0.15) is 11.5 Å². The summed E-state index contributed by atoms with van der Waals surface area (Å²) in [6.45, 7) is 2.32. The van der Waals surface area contributed by atoms with Crippen LogP contribution in [0.5, 0.6) is 0 Å². The smallest absolute Gasteiger partial charge is 0.0477 e. The molecule has 1 saturated heterocycles. The number of nitrogens with zero attached hydrogens (tertiary/aromatic N) is 1. The Morgan fingerprint density at radius 1 is 1.47 bits per heavy atom. The van der Waals surface area contributed by atoms with Gasteiger partial charge >= 0.3 is 0 Å². The minimum Gasteiger partial charge on any atom is -0.396 e. The van der Waals surface area contributed by atoms with Gasteiger partial charge in [-0.2, -0.15) is 0 Å². The van der Waals surface area contributed by atoms with E-state index in [1.807, 2.05) is 6.07 Å². The van der Waals surface area contributed by atoms with Crippen LogP contribution in [0, 0.1) is 5.92 Å². The van der Waals surface area contributed by atoms with Crippen LogP contribution in [0.2, 0.25) is 0 Å². The van der Waals surface area contributed by atoms with Crippen LogP contribution >= 0.6 is 15.9 Å². The van der Waals surface area contributed by atoms with Gasteiger partial charge in [0, 0.05) is 36.0 Å². The van der Waals surface area contributed by atoms with E-state index in [0.29, 0.717) is 11.8 Å². The third-order valence-electron chi connectivity index (χ3n) is 3.13. The number of benzene rings is 1. The highest BCUT2D eigenvalue weighted by molar-refractivity contribution is 9.10. The molecule has 0 radical (unpaired) electrons. The van der Waals surface area contributed by atoms with E-state index in [0.717, 1.165) is 17.6 Å². The molecule has 1 fully saturated rings. The largest absolute Gasteiger partial charge is 0.396 e. The third-order valence-corrected chi connectivity index (χ3v) is 3.63. The number of aliphatic hydroxyl groups is 1. The first-order valence-corrected chi connectivity index (χ1v) is 6.05. The van der Waals surface area contributed by atoms with Gasteiger partial charge in [0.1, 0.15) is 0 Å². The summed E-state index contributed by atoms with van der Waals surface area (Å²) in [7, 11) is 2.11. The molecule has 0 aromatic heterocycles. The van der Waals surface area contributed by atoms with Gasteiger partial charge in [-0.3, -0.25) is 0 Å². The van der Waals surface area contributed by atoms with Gasteiger partial charge in [-0.25, -0.2) is 0 Å². The summed E-state index contributed by atoms with van der Waals surface area (Å²) in [4.78, 5) is 2.28. The van der Waals surface area contributed by atoms with Crippen LogP contribution in [-0.4, -0.2) is 36.8 Å². The lowest BCUT2D eigenvalue weighted by Crippen LogP contribution is -2.15. The standard InChI is InChI=1S/C12H16BrNO/c1-14-6-10(8-15)12(7-14)9-3-2-4-11(13)5-9/h2-5,10,12,15H,6-8H2,1H3/t10-,12-/m1/s1. The summed E-state index contributed by atoms with van der Waals surface area (Å²) < 4.78 is 1.12. The average molecular weight is 270 g/mol. The number of rotatable bonds is 2. The topological polar surface area (TPSA) is 23.5 Å². The molecular weight excluding hydrogens is 254 g/mol. The predicted molar refractivity (Wildman–Crippen MR) is 65.0 cm³/mol. The van der Waals surface area contributed by atoms with E-state index in [9.17, 15) is 5.11 Å². The molecule has 1 aromatic rings. The van der Waals surface area contributed by atoms with Gasteiger partial charge in [0.2, 0.25) is 0 Å². The van der Waals surface area contributed by atoms with Crippen LogP contribution in [0.3, 0.4) is 0 Å². The maximum absolute atomic E-state index is 9.35. The summed E-state index contributed by atoms with van der Waals surface area (Å²) in [5.41, 5.74) is 1.33. The van der Waals surface area contributed by atoms with Gasteiger partial charge in [-0.15, -0.1) is 0 Å². The molecule has 0 spiro atoms. The summed E-state index contributed by atoms with van der Waals surface area (Å²) in [6.07, 6.45) is 0. The summed E-state index contributed by atoms with van der Waals surface area (Å²) in [5.74, 6) is 0.849. The number of aliphatic hydroxyl groups excluding tert-OH is 1. The molecule has 0 aliphatic carbocycles. The fourth-order valence-electron chi connectivity index (χ4n) is 2.39. The molecule has 1 aromatic carbocycles. The third kappa shape index (κ3) is 2.41. The highest BCUT2D eigenvalue weighted by Crippen LogP contribution is 2.32. The summed E-state index contributed by atoms with van der Waals surface area (Å²) in [5, 5.41) is 9.35. The Bertz CT molecular complexity index is 342. The van der Waals surface area contributed by atoms with Crippen molar-refractivity contribution in [3.8, 4) is 0 Å². The second-order valence-electron chi connectivity index (χ2n) is 4.33. The van der Waals surface area contributed by atoms with Crippen molar-refractivity contribution in [3.05, 3.63) is 34.3 Å². The van der Waals surface area contributed by atoms with Crippen LogP contribution in [-0.2, 0) is 0 Å². The van der Waals surface area contributed by atoms with Crippen molar-refractivity contribution in [1.82, 2.24) is 4.90 Å². The van der Waals surface area contributed by atoms with Gasteiger partial charge in [-0.05, 0) is 24.7 Å². The molecule has 1 N–H and O–H groups in total. The maximum atomic E-state index is 9.35. The number of likely N-dealkylation sites (N-methyl/N-ethyl adjacent to an activating group) is 1. The SMILES string of the molecule is CN1C[C@H](CO)[C@@H](c2cccc(Br)c2)C1. The molecule has 0 bridgehead atoms. The van der Waals surface area contributed by atoms with Crippen molar-refractivity contribution in [3.63, 3.8) is 0 Å². The Morgan fingerprint density at radius 2 is 2.27 bits per heavy atom. The Balaban J connectivity index is 2.22. The number of hydrogen-bond donors (Lipinski definition) is 1. The first-order chi connectivity index (χ1) is 7.20. The van der Waals surface area contributed by atoms with Gasteiger partial charge in [0.25, 0.3) is 0 Å². The van der Waals surface area contributed by atoms with Crippen molar-refractivity contribution < 1.29 is 5.11 Å². The van der Waals surface area contributed by atoms with Crippen LogP contribution < -0.4 is 0 Å². The molecule has 3 heteroatoms. The average Bonchev–Trinajstić information content (AvgIpc) is 2.59. The van der Waals surface area contributed by atoms with E-state index in [1.54, 1.807) is 0 Å². The summed E-state index contributed by atoms with van der Waals surface area (Å²) >= 11 is 3.49. The zero-order chi connectivity index (χ0) is 10.8. The van der Waals surface area contributed by atoms with Crippen molar-refractivity contribution in [2.75, 3.05) is 26.7 Å². The molecule has 0 amide bonds. The molecule has 0 saturated carbocycles. The predicted octanol–water partition coefficient (Wildman–Crippen LogP) is 2.09. The highest BCUT2D eigenvalue weighted by Gasteiger charge is 2.31. The Kier molecular flexibility index (Phi) is 3.44. The maximum Gasteiger partial charge on any atom is 0.0477 e. The second kappa shape index (κ2) is 4.64. The van der Waals surface area contributed by atoms with Crippen molar-refractivity contribution in [2.24, 2.45) is 5.92 Å². The Morgan fingerprint density at radius 3 is 2.93 bits per heavy atom. The zero-order valence-electron chi connectivity index (χ0n) is 8.86. The van der Waals surface area contributed by atoms with Crippen molar-refractivity contribution >= 4 is 15.9 Å². The Labute approximate surface area is 99.0 Å². The number of halogens is 1. The fraction of sp³-hybridized carbons (Fsp3) is 0.500. The molecule has 2 nitrogen and oxygen atoms in total. The first-order valence-electron chi connectivity index (χ1n) is 5.25. The number of hydrogen-bond acceptors (Lipinski definition) is 2. The van der Waals surface area contributed by atoms with E-state index in [-0.39, 0.29) is 6.61 Å². The molecule has 1 aliphatic rings.